The molecular formula is C12H10S. The van der Waals surface area contributed by atoms with Crippen LogP contribution in [-0.4, -0.2) is 0 Å². The Balaban J connectivity index is 3.29. The van der Waals surface area contributed by atoms with Gasteiger partial charge in [-0.2, -0.15) is 0 Å². The molecule has 0 radical (unpaired) electrons. The van der Waals surface area contributed by atoms with Crippen molar-refractivity contribution in [1.82, 2.24) is 0 Å². The Morgan fingerprint density at radius 3 is 2.08 bits per heavy atom. The van der Waals surface area contributed by atoms with Gasteiger partial charge in [0.2, 0.25) is 0 Å². The molecule has 0 nitrogen and oxygen atoms in total. The number of terminal acetylenes is 2. The first-order valence-corrected chi connectivity index (χ1v) is 5.44. The van der Waals surface area contributed by atoms with Crippen molar-refractivity contribution >= 4 is 10.0 Å². The molecule has 0 aliphatic rings. The fourth-order valence-corrected chi connectivity index (χ4v) is 2.31. The zero-order valence-corrected chi connectivity index (χ0v) is 8.05. The molecule has 0 spiro atoms. The summed E-state index contributed by atoms with van der Waals surface area (Å²) in [5.41, 5.74) is 0. The number of hydrogen-bond acceptors (Lipinski definition) is 0. The summed E-state index contributed by atoms with van der Waals surface area (Å²) in [5, 5.41) is 7.02. The van der Waals surface area contributed by atoms with Crippen LogP contribution in [0.4, 0.5) is 0 Å². The third-order valence-corrected chi connectivity index (χ3v) is 4.00. The van der Waals surface area contributed by atoms with Crippen LogP contribution in [0.3, 0.4) is 0 Å². The van der Waals surface area contributed by atoms with Crippen LogP contribution in [0.2, 0.25) is 0 Å². The molecule has 0 aliphatic heterocycles. The van der Waals surface area contributed by atoms with Gasteiger partial charge in [0, 0.05) is 4.90 Å². The van der Waals surface area contributed by atoms with Crippen LogP contribution in [0.25, 0.3) is 0 Å². The molecule has 64 valence electrons. The van der Waals surface area contributed by atoms with Crippen molar-refractivity contribution in [2.45, 2.75) is 4.90 Å². The highest BCUT2D eigenvalue weighted by Gasteiger charge is 2.15. The standard InChI is InChI=1S/C12H10S/c1-4-13(5-2,6-3)12-10-8-7-9-11-12/h1-2,6-11H,3H2. The molecule has 0 unspecified atom stereocenters. The Morgan fingerprint density at radius 2 is 1.69 bits per heavy atom. The monoisotopic (exact) mass is 186 g/mol. The molecule has 0 amide bonds. The molecule has 0 atom stereocenters. The molecule has 0 fully saturated rings. The molecule has 0 saturated heterocycles. The second-order valence-electron chi connectivity index (χ2n) is 2.38. The highest BCUT2D eigenvalue weighted by Crippen LogP contribution is 2.54. The lowest BCUT2D eigenvalue weighted by atomic mass is 10.4. The molecule has 13 heavy (non-hydrogen) atoms. The second kappa shape index (κ2) is 3.90. The molecule has 1 aromatic carbocycles. The molecule has 0 aromatic heterocycles. The zero-order valence-electron chi connectivity index (χ0n) is 7.23. The Labute approximate surface area is 81.0 Å². The van der Waals surface area contributed by atoms with Gasteiger partial charge in [0.15, 0.2) is 0 Å². The largest absolute Gasteiger partial charge is 0.108 e. The average molecular weight is 186 g/mol. The summed E-state index contributed by atoms with van der Waals surface area (Å²) < 4.78 is 0. The highest BCUT2D eigenvalue weighted by atomic mass is 32.3. The summed E-state index contributed by atoms with van der Waals surface area (Å²) in [6.07, 6.45) is 10.9. The smallest absolute Gasteiger partial charge is 0.0154 e. The van der Waals surface area contributed by atoms with Crippen LogP contribution in [0, 0.1) is 23.4 Å². The quantitative estimate of drug-likeness (QED) is 0.622. The van der Waals surface area contributed by atoms with E-state index in [1.54, 1.807) is 5.41 Å². The van der Waals surface area contributed by atoms with E-state index >= 15 is 0 Å². The Bertz CT molecular complexity index is 362. The topological polar surface area (TPSA) is 0 Å². The minimum Gasteiger partial charge on any atom is -0.108 e. The Hall–Kier alpha value is -1.57. The van der Waals surface area contributed by atoms with Crippen molar-refractivity contribution in [2.75, 3.05) is 0 Å². The van der Waals surface area contributed by atoms with E-state index in [0.717, 1.165) is 4.90 Å². The third kappa shape index (κ3) is 1.61. The van der Waals surface area contributed by atoms with Crippen LogP contribution in [-0.2, 0) is 0 Å². The lowest BCUT2D eigenvalue weighted by Crippen LogP contribution is -1.89. The van der Waals surface area contributed by atoms with Crippen molar-refractivity contribution in [3.63, 3.8) is 0 Å². The average Bonchev–Trinajstić information content (AvgIpc) is 2.23. The minimum atomic E-state index is -1.67. The number of benzene rings is 1. The lowest BCUT2D eigenvalue weighted by molar-refractivity contribution is 1.46. The predicted octanol–water partition coefficient (Wildman–Crippen LogP) is 3.18. The van der Waals surface area contributed by atoms with Crippen molar-refractivity contribution in [1.29, 1.82) is 0 Å². The zero-order chi connectivity index (χ0) is 9.73. The van der Waals surface area contributed by atoms with Gasteiger partial charge < -0.3 is 0 Å². The fourth-order valence-electron chi connectivity index (χ4n) is 0.998. The van der Waals surface area contributed by atoms with E-state index in [0.29, 0.717) is 0 Å². The molecule has 1 heteroatoms. The van der Waals surface area contributed by atoms with Gasteiger partial charge in [-0.05, 0) is 28.0 Å². The van der Waals surface area contributed by atoms with E-state index in [1.165, 1.54) is 0 Å². The second-order valence-corrected chi connectivity index (χ2v) is 4.97. The number of rotatable bonds is 2. The molecule has 1 aromatic rings. The van der Waals surface area contributed by atoms with Crippen molar-refractivity contribution in [2.24, 2.45) is 0 Å². The summed E-state index contributed by atoms with van der Waals surface area (Å²) in [4.78, 5) is 0.995. The first kappa shape index (κ1) is 9.52. The van der Waals surface area contributed by atoms with Crippen molar-refractivity contribution in [3.8, 4) is 23.4 Å². The van der Waals surface area contributed by atoms with E-state index in [-0.39, 0.29) is 0 Å². The third-order valence-electron chi connectivity index (χ3n) is 1.74. The maximum absolute atomic E-state index is 5.43. The first-order valence-electron chi connectivity index (χ1n) is 3.74. The van der Waals surface area contributed by atoms with Gasteiger partial charge in [-0.25, -0.2) is 0 Å². The summed E-state index contributed by atoms with van der Waals surface area (Å²) in [6, 6.07) is 9.67. The maximum Gasteiger partial charge on any atom is 0.0154 e. The van der Waals surface area contributed by atoms with Crippen molar-refractivity contribution < 1.29 is 0 Å². The van der Waals surface area contributed by atoms with Gasteiger partial charge in [-0.1, -0.05) is 34.8 Å². The summed E-state index contributed by atoms with van der Waals surface area (Å²) in [7, 11) is -1.67. The molecule has 0 saturated carbocycles. The molecular weight excluding hydrogens is 176 g/mol. The molecule has 0 aliphatic carbocycles. The molecule has 0 heterocycles. The van der Waals surface area contributed by atoms with Crippen LogP contribution in [0.15, 0.2) is 47.2 Å². The van der Waals surface area contributed by atoms with Gasteiger partial charge in [0.25, 0.3) is 0 Å². The predicted molar refractivity (Wildman–Crippen MR) is 60.2 cm³/mol. The molecule has 1 rings (SSSR count). The summed E-state index contributed by atoms with van der Waals surface area (Å²) >= 11 is 0. The van der Waals surface area contributed by atoms with E-state index in [4.69, 9.17) is 12.8 Å². The normalized spacial score (nSPS) is 10.9. The lowest BCUT2D eigenvalue weighted by Gasteiger charge is -2.23. The van der Waals surface area contributed by atoms with E-state index < -0.39 is 10.0 Å². The van der Waals surface area contributed by atoms with Crippen LogP contribution >= 0.6 is 10.0 Å². The van der Waals surface area contributed by atoms with Gasteiger partial charge >= 0.3 is 0 Å². The van der Waals surface area contributed by atoms with Crippen LogP contribution in [0.5, 0.6) is 0 Å². The van der Waals surface area contributed by atoms with Gasteiger partial charge in [0.05, 0.1) is 0 Å². The van der Waals surface area contributed by atoms with Gasteiger partial charge in [-0.15, -0.1) is 12.8 Å². The van der Waals surface area contributed by atoms with E-state index in [9.17, 15) is 0 Å². The van der Waals surface area contributed by atoms with Crippen LogP contribution in [0.1, 0.15) is 0 Å². The fraction of sp³-hybridized carbons (Fsp3) is 0. The number of hydrogen-bond donors (Lipinski definition) is 0. The van der Waals surface area contributed by atoms with Crippen molar-refractivity contribution in [3.05, 3.63) is 42.3 Å². The first-order chi connectivity index (χ1) is 6.29. The SMILES string of the molecule is C#CS(C#C)(C=C)c1ccccc1. The van der Waals surface area contributed by atoms with Gasteiger partial charge in [0.1, 0.15) is 0 Å². The highest BCUT2D eigenvalue weighted by molar-refractivity contribution is 8.43. The van der Waals surface area contributed by atoms with E-state index in [1.807, 2.05) is 30.3 Å². The Morgan fingerprint density at radius 1 is 1.15 bits per heavy atom. The van der Waals surface area contributed by atoms with Gasteiger partial charge in [-0.3, -0.25) is 0 Å². The summed E-state index contributed by atoms with van der Waals surface area (Å²) in [6.45, 7) is 3.70. The molecule has 0 bridgehead atoms. The Kier molecular flexibility index (Phi) is 2.85. The minimum absolute atomic E-state index is 0.995. The maximum atomic E-state index is 5.43. The van der Waals surface area contributed by atoms with E-state index in [2.05, 4.69) is 17.1 Å². The molecule has 0 N–H and O–H groups in total. The summed E-state index contributed by atoms with van der Waals surface area (Å²) in [5.74, 6) is 0. The van der Waals surface area contributed by atoms with Crippen LogP contribution < -0.4 is 0 Å².